The Morgan fingerprint density at radius 2 is 1.38 bits per heavy atom. The lowest BCUT2D eigenvalue weighted by atomic mass is 10.0. The number of benzene rings is 2. The maximum atomic E-state index is 12.9. The van der Waals surface area contributed by atoms with Gasteiger partial charge in [0.05, 0.1) is 44.8 Å². The van der Waals surface area contributed by atoms with Crippen molar-refractivity contribution in [2.45, 2.75) is 150 Å². The third-order valence-corrected chi connectivity index (χ3v) is 11.9. The van der Waals surface area contributed by atoms with Crippen molar-refractivity contribution >= 4 is 44.0 Å². The number of unbranched alkanes of at least 4 members (excludes halogenated alkanes) is 15. The van der Waals surface area contributed by atoms with Crippen molar-refractivity contribution in [2.75, 3.05) is 51.0 Å². The Morgan fingerprint density at radius 1 is 0.750 bits per heavy atom. The fourth-order valence-electron chi connectivity index (χ4n) is 7.68. The van der Waals surface area contributed by atoms with Crippen LogP contribution in [-0.2, 0) is 9.53 Å². The lowest BCUT2D eigenvalue weighted by molar-refractivity contribution is -0.944. The summed E-state index contributed by atoms with van der Waals surface area (Å²) in [5.74, 6) is 0.720. The molecule has 0 aliphatic carbocycles. The highest BCUT2D eigenvalue weighted by Gasteiger charge is 2.34. The van der Waals surface area contributed by atoms with Crippen LogP contribution in [-0.4, -0.2) is 61.5 Å². The SMILES string of the molecule is CC.CC.CCCCCCCCCCCCCCCCCC(=O)OC[N+]1(CCCCOc2ccc3ccc(=O)[nH]c3c2)CCN(c2cccc3sccc23)CC1. The molecule has 56 heavy (non-hydrogen) atoms. The van der Waals surface area contributed by atoms with Crippen LogP contribution in [0.1, 0.15) is 150 Å². The number of rotatable bonds is 25. The van der Waals surface area contributed by atoms with Crippen LogP contribution < -0.4 is 15.2 Å². The van der Waals surface area contributed by atoms with E-state index in [9.17, 15) is 9.59 Å². The fourth-order valence-corrected chi connectivity index (χ4v) is 8.49. The number of nitrogens with zero attached hydrogens (tertiary/aromatic N) is 2. The molecule has 0 bridgehead atoms. The number of quaternary nitrogens is 1. The molecule has 8 heteroatoms. The molecule has 1 saturated heterocycles. The number of thiophene rings is 1. The van der Waals surface area contributed by atoms with E-state index in [1.807, 2.05) is 52.0 Å². The zero-order valence-corrected chi connectivity index (χ0v) is 36.7. The molecule has 2 aromatic carbocycles. The van der Waals surface area contributed by atoms with Gasteiger partial charge in [-0.05, 0) is 66.4 Å². The quantitative estimate of drug-likeness (QED) is 0.0411. The third kappa shape index (κ3) is 16.6. The number of piperazine rings is 1. The number of H-pyrrole nitrogens is 1. The number of carbonyl (C=O) groups excluding carboxylic acids is 1. The van der Waals surface area contributed by atoms with E-state index in [1.165, 1.54) is 99.2 Å². The summed E-state index contributed by atoms with van der Waals surface area (Å²) in [5.41, 5.74) is 1.99. The second-order valence-electron chi connectivity index (χ2n) is 15.1. The second kappa shape index (κ2) is 28.1. The molecule has 5 rings (SSSR count). The Bertz CT molecular complexity index is 1680. The predicted octanol–water partition coefficient (Wildman–Crippen LogP) is 13.1. The number of hydrogen-bond acceptors (Lipinski definition) is 6. The van der Waals surface area contributed by atoms with Crippen molar-refractivity contribution in [3.8, 4) is 5.75 Å². The smallest absolute Gasteiger partial charge is 0.310 e. The molecule has 312 valence electrons. The number of aromatic nitrogens is 1. The van der Waals surface area contributed by atoms with Gasteiger partial charge in [-0.3, -0.25) is 14.1 Å². The van der Waals surface area contributed by atoms with E-state index in [4.69, 9.17) is 9.47 Å². The number of nitrogens with one attached hydrogen (secondary N) is 1. The highest BCUT2D eigenvalue weighted by atomic mass is 32.1. The molecule has 0 amide bonds. The van der Waals surface area contributed by atoms with Crippen LogP contribution in [0.2, 0.25) is 0 Å². The number of anilines is 1. The molecule has 4 aromatic rings. The van der Waals surface area contributed by atoms with E-state index < -0.39 is 0 Å². The summed E-state index contributed by atoms with van der Waals surface area (Å²) < 4.78 is 14.2. The number of hydrogen-bond donors (Lipinski definition) is 1. The summed E-state index contributed by atoms with van der Waals surface area (Å²) in [7, 11) is 0. The highest BCUT2D eigenvalue weighted by molar-refractivity contribution is 7.17. The first kappa shape index (κ1) is 47.0. The molecule has 0 saturated carbocycles. The van der Waals surface area contributed by atoms with Gasteiger partial charge in [0, 0.05) is 34.3 Å². The van der Waals surface area contributed by atoms with Crippen LogP contribution in [0.5, 0.6) is 5.75 Å². The maximum absolute atomic E-state index is 12.9. The highest BCUT2D eigenvalue weighted by Crippen LogP contribution is 2.32. The molecular weight excluding hydrogens is 715 g/mol. The van der Waals surface area contributed by atoms with Crippen molar-refractivity contribution in [1.29, 1.82) is 0 Å². The number of pyridine rings is 1. The van der Waals surface area contributed by atoms with E-state index in [0.717, 1.165) is 79.5 Å². The Hall–Kier alpha value is -3.36. The summed E-state index contributed by atoms with van der Waals surface area (Å²) in [6.07, 6.45) is 22.2. The molecule has 1 aliphatic rings. The lowest BCUT2D eigenvalue weighted by Crippen LogP contribution is -2.61. The first-order valence-corrected chi connectivity index (χ1v) is 23.4. The molecular formula is C48H76N3O4S+. The van der Waals surface area contributed by atoms with Gasteiger partial charge < -0.3 is 19.4 Å². The lowest BCUT2D eigenvalue weighted by Gasteiger charge is -2.45. The van der Waals surface area contributed by atoms with Crippen molar-refractivity contribution in [2.24, 2.45) is 0 Å². The van der Waals surface area contributed by atoms with Crippen LogP contribution >= 0.6 is 11.3 Å². The van der Waals surface area contributed by atoms with Crippen molar-refractivity contribution in [3.63, 3.8) is 0 Å². The van der Waals surface area contributed by atoms with Crippen LogP contribution in [0.25, 0.3) is 21.0 Å². The van der Waals surface area contributed by atoms with Gasteiger partial charge in [0.25, 0.3) is 0 Å². The summed E-state index contributed by atoms with van der Waals surface area (Å²) in [6, 6.07) is 18.0. The van der Waals surface area contributed by atoms with E-state index in [0.29, 0.717) is 19.8 Å². The van der Waals surface area contributed by atoms with Gasteiger partial charge >= 0.3 is 5.97 Å². The number of fused-ring (bicyclic) bond motifs is 2. The monoisotopic (exact) mass is 791 g/mol. The minimum absolute atomic E-state index is 0.0460. The van der Waals surface area contributed by atoms with Crippen LogP contribution in [0.15, 0.2) is 64.8 Å². The molecule has 2 aromatic heterocycles. The molecule has 3 heterocycles. The molecule has 0 spiro atoms. The topological polar surface area (TPSA) is 71.6 Å². The number of carbonyl (C=O) groups is 1. The fraction of sp³-hybridized carbons (Fsp3) is 0.625. The van der Waals surface area contributed by atoms with Crippen LogP contribution in [0, 0.1) is 0 Å². The van der Waals surface area contributed by atoms with Crippen molar-refractivity contribution < 1.29 is 18.8 Å². The molecule has 1 fully saturated rings. The van der Waals surface area contributed by atoms with Gasteiger partial charge in [0.15, 0.2) is 0 Å². The van der Waals surface area contributed by atoms with Gasteiger partial charge in [-0.1, -0.05) is 131 Å². The van der Waals surface area contributed by atoms with Crippen molar-refractivity contribution in [1.82, 2.24) is 4.98 Å². The predicted molar refractivity (Wildman–Crippen MR) is 241 cm³/mol. The van der Waals surface area contributed by atoms with Gasteiger partial charge in [-0.15, -0.1) is 11.3 Å². The second-order valence-corrected chi connectivity index (χ2v) is 16.0. The van der Waals surface area contributed by atoms with E-state index in [1.54, 1.807) is 17.4 Å². The number of aromatic amines is 1. The first-order valence-electron chi connectivity index (χ1n) is 22.5. The average Bonchev–Trinajstić information content (AvgIpc) is 3.73. The standard InChI is InChI=1S/C44H63N3O4S.2C2H6/c1-2-3-4-5-6-7-8-9-10-11-12-13-14-15-16-22-44(49)51-36-47(31-28-46(29-32-47)41-20-19-21-42-39(41)27-34-52-42)30-17-18-33-50-38-25-23-37-24-26-43(48)45-40(37)35-38;2*1-2/h19-21,23-27,34-35H,2-18,22,28-33,36H2,1H3;2*1-2H3/p+1. The Morgan fingerprint density at radius 3 is 2.04 bits per heavy atom. The zero-order chi connectivity index (χ0) is 40.3. The summed E-state index contributed by atoms with van der Waals surface area (Å²) in [4.78, 5) is 30.1. The largest absolute Gasteiger partial charge is 0.494 e. The van der Waals surface area contributed by atoms with E-state index >= 15 is 0 Å². The third-order valence-electron chi connectivity index (χ3n) is 11.0. The Labute approximate surface area is 343 Å². The normalized spacial score (nSPS) is 13.5. The van der Waals surface area contributed by atoms with Crippen molar-refractivity contribution in [3.05, 3.63) is 70.3 Å². The molecule has 1 aliphatic heterocycles. The Balaban J connectivity index is 0.00000204. The first-order chi connectivity index (χ1) is 27.5. The van der Waals surface area contributed by atoms with Gasteiger partial charge in [0.2, 0.25) is 12.3 Å². The van der Waals surface area contributed by atoms with Gasteiger partial charge in [0.1, 0.15) is 5.75 Å². The molecule has 0 atom stereocenters. The minimum Gasteiger partial charge on any atom is -0.494 e. The summed E-state index contributed by atoms with van der Waals surface area (Å²) in [6.45, 7) is 16.1. The maximum Gasteiger partial charge on any atom is 0.310 e. The molecule has 0 radical (unpaired) electrons. The Kier molecular flexibility index (Phi) is 23.6. The van der Waals surface area contributed by atoms with Gasteiger partial charge in [-0.25, -0.2) is 0 Å². The van der Waals surface area contributed by atoms with E-state index in [2.05, 4.69) is 46.5 Å². The number of esters is 1. The summed E-state index contributed by atoms with van der Waals surface area (Å²) >= 11 is 1.79. The van der Waals surface area contributed by atoms with E-state index in [-0.39, 0.29) is 11.5 Å². The zero-order valence-electron chi connectivity index (χ0n) is 35.9. The molecule has 7 nitrogen and oxygen atoms in total. The van der Waals surface area contributed by atoms with Crippen LogP contribution in [0.4, 0.5) is 5.69 Å². The summed E-state index contributed by atoms with van der Waals surface area (Å²) in [5, 5.41) is 4.50. The molecule has 1 N–H and O–H groups in total. The molecule has 0 unspecified atom stereocenters. The number of ether oxygens (including phenoxy) is 2. The van der Waals surface area contributed by atoms with Gasteiger partial charge in [-0.2, -0.15) is 0 Å². The average molecular weight is 791 g/mol. The van der Waals surface area contributed by atoms with Crippen LogP contribution in [0.3, 0.4) is 0 Å². The minimum atomic E-state index is -0.110.